The third-order valence-electron chi connectivity index (χ3n) is 1.73. The molecule has 0 atom stereocenters. The molecule has 0 radical (unpaired) electrons. The van der Waals surface area contributed by atoms with Gasteiger partial charge in [0.05, 0.1) is 0 Å². The second kappa shape index (κ2) is 5.70. The fourth-order valence-corrected chi connectivity index (χ4v) is 0.958. The van der Waals surface area contributed by atoms with E-state index >= 15 is 0 Å². The summed E-state index contributed by atoms with van der Waals surface area (Å²) in [5.41, 5.74) is 0. The number of nitrogens with zero attached hydrogens (tertiary/aromatic N) is 1. The van der Waals surface area contributed by atoms with Crippen LogP contribution in [-0.2, 0) is 9.59 Å². The number of rotatable bonds is 4. The van der Waals surface area contributed by atoms with Crippen LogP contribution in [0.4, 0.5) is 0 Å². The molecule has 0 unspecified atom stereocenters. The Bertz CT molecular complexity index is 190. The van der Waals surface area contributed by atoms with Crippen LogP contribution in [0.25, 0.3) is 0 Å². The molecule has 0 aromatic heterocycles. The van der Waals surface area contributed by atoms with Crippen molar-refractivity contribution in [3.8, 4) is 0 Å². The minimum Gasteiger partial charge on any atom is -0.318 e. The zero-order chi connectivity index (χ0) is 10.4. The highest BCUT2D eigenvalue weighted by molar-refractivity contribution is 5.94. The Kier molecular flexibility index (Phi) is 5.30. The van der Waals surface area contributed by atoms with Crippen molar-refractivity contribution < 1.29 is 9.59 Å². The van der Waals surface area contributed by atoms with Gasteiger partial charge in [0, 0.05) is 25.9 Å². The molecule has 0 aliphatic heterocycles. The van der Waals surface area contributed by atoms with Crippen molar-refractivity contribution in [1.29, 1.82) is 0 Å². The molecule has 2 amide bonds. The van der Waals surface area contributed by atoms with E-state index in [0.29, 0.717) is 13.1 Å². The molecule has 13 heavy (non-hydrogen) atoms. The number of imide groups is 1. The number of hydrogen-bond donors (Lipinski definition) is 1. The molecule has 0 aromatic carbocycles. The summed E-state index contributed by atoms with van der Waals surface area (Å²) in [6, 6.07) is 0. The fourth-order valence-electron chi connectivity index (χ4n) is 0.958. The molecule has 4 nitrogen and oxygen atoms in total. The summed E-state index contributed by atoms with van der Waals surface area (Å²) in [5.74, 6) is -0.419. The summed E-state index contributed by atoms with van der Waals surface area (Å²) in [4.78, 5) is 23.8. The molecular formula is C9H18N2O2. The highest BCUT2D eigenvalue weighted by Crippen LogP contribution is 2.01. The highest BCUT2D eigenvalue weighted by atomic mass is 16.2. The topological polar surface area (TPSA) is 49.4 Å². The molecule has 0 saturated carbocycles. The molecule has 4 heteroatoms. The molecule has 0 rings (SSSR count). The second-order valence-corrected chi connectivity index (χ2v) is 3.27. The number of likely N-dealkylation sites (N-methyl/N-ethyl adjacent to an activating group) is 1. The van der Waals surface area contributed by atoms with Gasteiger partial charge in [-0.2, -0.15) is 0 Å². The lowest BCUT2D eigenvalue weighted by molar-refractivity contribution is -0.145. The lowest BCUT2D eigenvalue weighted by Crippen LogP contribution is -2.41. The SMILES string of the molecule is CNCCN(C(C)=O)C(=O)C(C)C. The first-order valence-corrected chi connectivity index (χ1v) is 4.47. The van der Waals surface area contributed by atoms with Gasteiger partial charge in [0.25, 0.3) is 0 Å². The standard InChI is InChI=1S/C9H18N2O2/c1-7(2)9(13)11(8(3)12)6-5-10-4/h7,10H,5-6H2,1-4H3. The maximum Gasteiger partial charge on any atom is 0.231 e. The van der Waals surface area contributed by atoms with Crippen LogP contribution in [0.5, 0.6) is 0 Å². The van der Waals surface area contributed by atoms with Gasteiger partial charge in [-0.25, -0.2) is 0 Å². The molecule has 0 fully saturated rings. The van der Waals surface area contributed by atoms with Gasteiger partial charge in [-0.15, -0.1) is 0 Å². The van der Waals surface area contributed by atoms with Gasteiger partial charge in [-0.1, -0.05) is 13.8 Å². The third kappa shape index (κ3) is 4.03. The largest absolute Gasteiger partial charge is 0.318 e. The Morgan fingerprint density at radius 2 is 1.92 bits per heavy atom. The first-order valence-electron chi connectivity index (χ1n) is 4.47. The van der Waals surface area contributed by atoms with Crippen LogP contribution in [0.3, 0.4) is 0 Å². The molecule has 0 aliphatic rings. The van der Waals surface area contributed by atoms with Gasteiger partial charge in [-0.3, -0.25) is 14.5 Å². The normalized spacial score (nSPS) is 10.2. The van der Waals surface area contributed by atoms with Crippen LogP contribution in [0.2, 0.25) is 0 Å². The van der Waals surface area contributed by atoms with E-state index in [1.807, 2.05) is 0 Å². The van der Waals surface area contributed by atoms with Crippen molar-refractivity contribution in [2.24, 2.45) is 5.92 Å². The zero-order valence-corrected chi connectivity index (χ0v) is 8.76. The average molecular weight is 186 g/mol. The highest BCUT2D eigenvalue weighted by Gasteiger charge is 2.19. The first-order chi connectivity index (χ1) is 6.00. The Labute approximate surface area is 79.3 Å². The van der Waals surface area contributed by atoms with Crippen molar-refractivity contribution in [3.63, 3.8) is 0 Å². The van der Waals surface area contributed by atoms with E-state index in [9.17, 15) is 9.59 Å². The Morgan fingerprint density at radius 3 is 2.23 bits per heavy atom. The van der Waals surface area contributed by atoms with Crippen molar-refractivity contribution in [1.82, 2.24) is 10.2 Å². The van der Waals surface area contributed by atoms with Gasteiger partial charge in [0.1, 0.15) is 0 Å². The number of hydrogen-bond acceptors (Lipinski definition) is 3. The number of amides is 2. The van der Waals surface area contributed by atoms with Crippen LogP contribution in [0, 0.1) is 5.92 Å². The van der Waals surface area contributed by atoms with Crippen molar-refractivity contribution in [2.75, 3.05) is 20.1 Å². The van der Waals surface area contributed by atoms with Gasteiger partial charge in [0.2, 0.25) is 11.8 Å². The molecule has 0 bridgehead atoms. The average Bonchev–Trinajstić information content (AvgIpc) is 2.04. The summed E-state index contributed by atoms with van der Waals surface area (Å²) < 4.78 is 0. The summed E-state index contributed by atoms with van der Waals surface area (Å²) in [6.07, 6.45) is 0. The zero-order valence-electron chi connectivity index (χ0n) is 8.76. The van der Waals surface area contributed by atoms with Crippen molar-refractivity contribution in [3.05, 3.63) is 0 Å². The Balaban J connectivity index is 4.24. The van der Waals surface area contributed by atoms with Crippen LogP contribution >= 0.6 is 0 Å². The molecule has 76 valence electrons. The number of carbonyl (C=O) groups is 2. The fraction of sp³-hybridized carbons (Fsp3) is 0.778. The predicted molar refractivity (Wildman–Crippen MR) is 51.2 cm³/mol. The number of nitrogens with one attached hydrogen (secondary N) is 1. The van der Waals surface area contributed by atoms with Crippen LogP contribution in [0.1, 0.15) is 20.8 Å². The van der Waals surface area contributed by atoms with Crippen LogP contribution in [-0.4, -0.2) is 36.9 Å². The van der Waals surface area contributed by atoms with E-state index in [-0.39, 0.29) is 17.7 Å². The van der Waals surface area contributed by atoms with Crippen molar-refractivity contribution in [2.45, 2.75) is 20.8 Å². The molecule has 0 spiro atoms. The summed E-state index contributed by atoms with van der Waals surface area (Å²) in [5, 5.41) is 2.90. The van der Waals surface area contributed by atoms with E-state index < -0.39 is 0 Å². The van der Waals surface area contributed by atoms with E-state index in [4.69, 9.17) is 0 Å². The lowest BCUT2D eigenvalue weighted by atomic mass is 10.2. The molecule has 0 aliphatic carbocycles. The smallest absolute Gasteiger partial charge is 0.231 e. The Hall–Kier alpha value is -0.900. The number of carbonyl (C=O) groups excluding carboxylic acids is 2. The molecule has 0 saturated heterocycles. The molecule has 0 aromatic rings. The van der Waals surface area contributed by atoms with Gasteiger partial charge < -0.3 is 5.32 Å². The van der Waals surface area contributed by atoms with Crippen LogP contribution < -0.4 is 5.32 Å². The minimum atomic E-state index is -0.186. The first kappa shape index (κ1) is 12.1. The van der Waals surface area contributed by atoms with E-state index in [1.165, 1.54) is 11.8 Å². The van der Waals surface area contributed by atoms with E-state index in [1.54, 1.807) is 20.9 Å². The predicted octanol–water partition coefficient (Wildman–Crippen LogP) is 0.237. The summed E-state index contributed by atoms with van der Waals surface area (Å²) in [7, 11) is 1.79. The maximum absolute atomic E-state index is 11.5. The Morgan fingerprint density at radius 1 is 1.38 bits per heavy atom. The third-order valence-corrected chi connectivity index (χ3v) is 1.73. The quantitative estimate of drug-likeness (QED) is 0.684. The molecule has 1 N–H and O–H groups in total. The molecular weight excluding hydrogens is 168 g/mol. The lowest BCUT2D eigenvalue weighted by Gasteiger charge is -2.20. The second-order valence-electron chi connectivity index (χ2n) is 3.27. The van der Waals surface area contributed by atoms with Gasteiger partial charge in [0.15, 0.2) is 0 Å². The monoisotopic (exact) mass is 186 g/mol. The molecule has 0 heterocycles. The minimum absolute atomic E-state index is 0.109. The van der Waals surface area contributed by atoms with Crippen molar-refractivity contribution >= 4 is 11.8 Å². The van der Waals surface area contributed by atoms with E-state index in [0.717, 1.165) is 0 Å². The summed E-state index contributed by atoms with van der Waals surface area (Å²) >= 11 is 0. The van der Waals surface area contributed by atoms with Gasteiger partial charge >= 0.3 is 0 Å². The van der Waals surface area contributed by atoms with E-state index in [2.05, 4.69) is 5.32 Å². The maximum atomic E-state index is 11.5. The van der Waals surface area contributed by atoms with Gasteiger partial charge in [-0.05, 0) is 7.05 Å². The summed E-state index contributed by atoms with van der Waals surface area (Å²) in [6.45, 7) is 6.08. The van der Waals surface area contributed by atoms with Crippen LogP contribution in [0.15, 0.2) is 0 Å².